The zero-order valence-corrected chi connectivity index (χ0v) is 7.89. The smallest absolute Gasteiger partial charge is 0.150 e. The van der Waals surface area contributed by atoms with Gasteiger partial charge in [0.25, 0.3) is 0 Å². The number of hydrogen-bond acceptors (Lipinski definition) is 3. The molecule has 1 fully saturated rings. The molecule has 1 aliphatic rings. The minimum Gasteiger partial charge on any atom is -0.298 e. The summed E-state index contributed by atoms with van der Waals surface area (Å²) in [6.45, 7) is 4.08. The lowest BCUT2D eigenvalue weighted by Crippen LogP contribution is -2.37. The summed E-state index contributed by atoms with van der Waals surface area (Å²) < 4.78 is 0. The van der Waals surface area contributed by atoms with E-state index in [4.69, 9.17) is 0 Å². The van der Waals surface area contributed by atoms with Crippen LogP contribution < -0.4 is 10.9 Å². The lowest BCUT2D eigenvalue weighted by Gasteiger charge is -2.05. The third-order valence-corrected chi connectivity index (χ3v) is 2.36. The van der Waals surface area contributed by atoms with E-state index in [0.717, 1.165) is 12.8 Å². The normalized spacial score (nSPS) is 29.2. The number of ketones is 1. The average Bonchev–Trinajstić information content (AvgIpc) is 2.52. The second-order valence-corrected chi connectivity index (χ2v) is 3.38. The molecule has 0 aromatic rings. The van der Waals surface area contributed by atoms with E-state index in [1.165, 1.54) is 6.42 Å². The van der Waals surface area contributed by atoms with Gasteiger partial charge in [-0.1, -0.05) is 20.3 Å². The maximum absolute atomic E-state index is 11.3. The van der Waals surface area contributed by atoms with Gasteiger partial charge in [0, 0.05) is 12.5 Å². The number of rotatable bonds is 4. The van der Waals surface area contributed by atoms with Gasteiger partial charge in [0.05, 0.1) is 6.04 Å². The fourth-order valence-electron chi connectivity index (χ4n) is 1.62. The quantitative estimate of drug-likeness (QED) is 0.661. The van der Waals surface area contributed by atoms with Crippen LogP contribution in [-0.2, 0) is 4.79 Å². The van der Waals surface area contributed by atoms with Gasteiger partial charge < -0.3 is 0 Å². The lowest BCUT2D eigenvalue weighted by atomic mass is 10.0. The van der Waals surface area contributed by atoms with Crippen LogP contribution in [0.25, 0.3) is 0 Å². The number of hydrogen-bond donors (Lipinski definition) is 2. The van der Waals surface area contributed by atoms with Crippen LogP contribution in [0, 0.1) is 0 Å². The Kier molecular flexibility index (Phi) is 3.69. The van der Waals surface area contributed by atoms with Crippen LogP contribution in [0.3, 0.4) is 0 Å². The molecule has 0 aromatic heterocycles. The maximum atomic E-state index is 11.3. The standard InChI is InChI=1S/C9H18N2O/c1-3-5-7-6-8(11-10-7)9(12)4-2/h7-8,10-11H,3-6H2,1-2H3. The summed E-state index contributed by atoms with van der Waals surface area (Å²) in [5.74, 6) is 0.320. The molecule has 1 rings (SSSR count). The topological polar surface area (TPSA) is 41.1 Å². The number of hydrazine groups is 1. The Morgan fingerprint density at radius 3 is 2.75 bits per heavy atom. The van der Waals surface area contributed by atoms with Crippen LogP contribution in [0.5, 0.6) is 0 Å². The van der Waals surface area contributed by atoms with Crippen molar-refractivity contribution in [3.63, 3.8) is 0 Å². The highest BCUT2D eigenvalue weighted by Crippen LogP contribution is 2.11. The molecular weight excluding hydrogens is 152 g/mol. The Morgan fingerprint density at radius 1 is 1.42 bits per heavy atom. The van der Waals surface area contributed by atoms with E-state index in [0.29, 0.717) is 18.2 Å². The Balaban J connectivity index is 2.30. The monoisotopic (exact) mass is 170 g/mol. The van der Waals surface area contributed by atoms with E-state index >= 15 is 0 Å². The molecule has 0 aliphatic carbocycles. The van der Waals surface area contributed by atoms with Gasteiger partial charge in [-0.2, -0.15) is 0 Å². The molecule has 3 heteroatoms. The van der Waals surface area contributed by atoms with Crippen LogP contribution in [-0.4, -0.2) is 17.9 Å². The van der Waals surface area contributed by atoms with Crippen LogP contribution >= 0.6 is 0 Å². The summed E-state index contributed by atoms with van der Waals surface area (Å²) in [4.78, 5) is 11.3. The van der Waals surface area contributed by atoms with E-state index in [1.807, 2.05) is 6.92 Å². The first-order chi connectivity index (χ1) is 5.77. The van der Waals surface area contributed by atoms with Gasteiger partial charge >= 0.3 is 0 Å². The van der Waals surface area contributed by atoms with Gasteiger partial charge in [0.1, 0.15) is 0 Å². The second kappa shape index (κ2) is 4.58. The van der Waals surface area contributed by atoms with Crippen molar-refractivity contribution in [1.82, 2.24) is 10.9 Å². The van der Waals surface area contributed by atoms with Crippen LogP contribution in [0.2, 0.25) is 0 Å². The van der Waals surface area contributed by atoms with Crippen molar-refractivity contribution in [2.45, 2.75) is 51.6 Å². The van der Waals surface area contributed by atoms with E-state index < -0.39 is 0 Å². The molecule has 0 radical (unpaired) electrons. The Labute approximate surface area is 73.9 Å². The molecule has 1 aliphatic heterocycles. The fraction of sp³-hybridized carbons (Fsp3) is 0.889. The highest BCUT2D eigenvalue weighted by molar-refractivity contribution is 5.83. The van der Waals surface area contributed by atoms with E-state index in [1.54, 1.807) is 0 Å². The molecular formula is C9H18N2O. The van der Waals surface area contributed by atoms with Crippen molar-refractivity contribution in [1.29, 1.82) is 0 Å². The zero-order valence-electron chi connectivity index (χ0n) is 7.89. The minimum absolute atomic E-state index is 0.0616. The van der Waals surface area contributed by atoms with Crippen molar-refractivity contribution >= 4 is 5.78 Å². The van der Waals surface area contributed by atoms with Gasteiger partial charge in [-0.15, -0.1) is 0 Å². The number of carbonyl (C=O) groups is 1. The summed E-state index contributed by atoms with van der Waals surface area (Å²) in [7, 11) is 0. The summed E-state index contributed by atoms with van der Waals surface area (Å²) in [6, 6.07) is 0.557. The largest absolute Gasteiger partial charge is 0.298 e. The van der Waals surface area contributed by atoms with Crippen molar-refractivity contribution in [2.75, 3.05) is 0 Å². The average molecular weight is 170 g/mol. The van der Waals surface area contributed by atoms with Crippen molar-refractivity contribution in [3.8, 4) is 0 Å². The van der Waals surface area contributed by atoms with Crippen LogP contribution in [0.1, 0.15) is 39.5 Å². The van der Waals surface area contributed by atoms with Crippen molar-refractivity contribution in [3.05, 3.63) is 0 Å². The summed E-state index contributed by atoms with van der Waals surface area (Å²) in [5, 5.41) is 0. The van der Waals surface area contributed by atoms with Crippen LogP contribution in [0.4, 0.5) is 0 Å². The van der Waals surface area contributed by atoms with Gasteiger partial charge in [-0.25, -0.2) is 5.43 Å². The summed E-state index contributed by atoms with van der Waals surface area (Å²) in [6.07, 6.45) is 3.92. The first-order valence-corrected chi connectivity index (χ1v) is 4.81. The molecule has 1 heterocycles. The number of Topliss-reactive ketones (excluding diaryl/α,β-unsaturated/α-hetero) is 1. The number of carbonyl (C=O) groups excluding carboxylic acids is 1. The van der Waals surface area contributed by atoms with E-state index in [-0.39, 0.29) is 6.04 Å². The minimum atomic E-state index is 0.0616. The SMILES string of the molecule is CCCC1CC(C(=O)CC)NN1. The highest BCUT2D eigenvalue weighted by atomic mass is 16.1. The van der Waals surface area contributed by atoms with Gasteiger partial charge in [0.15, 0.2) is 5.78 Å². The van der Waals surface area contributed by atoms with Crippen molar-refractivity contribution < 1.29 is 4.79 Å². The predicted molar refractivity (Wildman–Crippen MR) is 48.7 cm³/mol. The predicted octanol–water partition coefficient (Wildman–Crippen LogP) is 1.00. The zero-order chi connectivity index (χ0) is 8.97. The van der Waals surface area contributed by atoms with Gasteiger partial charge in [-0.05, 0) is 12.8 Å². The van der Waals surface area contributed by atoms with Gasteiger partial charge in [0.2, 0.25) is 0 Å². The molecule has 0 aromatic carbocycles. The first-order valence-electron chi connectivity index (χ1n) is 4.81. The van der Waals surface area contributed by atoms with Crippen molar-refractivity contribution in [2.24, 2.45) is 0 Å². The second-order valence-electron chi connectivity index (χ2n) is 3.38. The van der Waals surface area contributed by atoms with Gasteiger partial charge in [-0.3, -0.25) is 10.2 Å². The van der Waals surface area contributed by atoms with E-state index in [2.05, 4.69) is 17.8 Å². The third-order valence-electron chi connectivity index (χ3n) is 2.36. The Hall–Kier alpha value is -0.410. The molecule has 0 bridgehead atoms. The molecule has 2 atom stereocenters. The van der Waals surface area contributed by atoms with E-state index in [9.17, 15) is 4.79 Å². The summed E-state index contributed by atoms with van der Waals surface area (Å²) >= 11 is 0. The lowest BCUT2D eigenvalue weighted by molar-refractivity contribution is -0.120. The number of nitrogens with one attached hydrogen (secondary N) is 2. The maximum Gasteiger partial charge on any atom is 0.150 e. The molecule has 1 saturated heterocycles. The molecule has 0 amide bonds. The highest BCUT2D eigenvalue weighted by Gasteiger charge is 2.26. The molecule has 2 unspecified atom stereocenters. The molecule has 70 valence electrons. The summed E-state index contributed by atoms with van der Waals surface area (Å²) in [5.41, 5.74) is 6.19. The Bertz CT molecular complexity index is 159. The Morgan fingerprint density at radius 2 is 2.17 bits per heavy atom. The molecule has 3 nitrogen and oxygen atoms in total. The fourth-order valence-corrected chi connectivity index (χ4v) is 1.62. The third kappa shape index (κ3) is 2.29. The molecule has 12 heavy (non-hydrogen) atoms. The molecule has 0 saturated carbocycles. The molecule has 0 spiro atoms. The first kappa shape index (κ1) is 9.68. The van der Waals surface area contributed by atoms with Crippen LogP contribution in [0.15, 0.2) is 0 Å². The molecule has 2 N–H and O–H groups in total.